The predicted octanol–water partition coefficient (Wildman–Crippen LogP) is 3.03. The van der Waals surface area contributed by atoms with Gasteiger partial charge >= 0.3 is 0 Å². The van der Waals surface area contributed by atoms with E-state index in [2.05, 4.69) is 26.8 Å². The topological polar surface area (TPSA) is 49.8 Å². The van der Waals surface area contributed by atoms with Crippen LogP contribution in [0.2, 0.25) is 0 Å². The minimum absolute atomic E-state index is 0.113. The first kappa shape index (κ1) is 10.9. The van der Waals surface area contributed by atoms with Gasteiger partial charge in [0, 0.05) is 9.64 Å². The Bertz CT molecular complexity index is 372. The Labute approximate surface area is 89.1 Å². The molecule has 0 aliphatic carbocycles. The van der Waals surface area contributed by atoms with E-state index in [0.29, 0.717) is 11.3 Å². The maximum Gasteiger partial charge on any atom is 0.101 e. The Hall–Kier alpha value is -1.14. The number of thioether (sulfide) groups is 1. The highest BCUT2D eigenvalue weighted by molar-refractivity contribution is 8.00. The maximum absolute atomic E-state index is 8.80. The summed E-state index contributed by atoms with van der Waals surface area (Å²) in [7, 11) is 0. The summed E-state index contributed by atoms with van der Waals surface area (Å²) in [6.07, 6.45) is 0. The molecule has 1 aromatic carbocycles. The third-order valence-corrected chi connectivity index (χ3v) is 2.79. The molecule has 74 valence electrons. The molecule has 0 aliphatic heterocycles. The van der Waals surface area contributed by atoms with Crippen molar-refractivity contribution in [3.63, 3.8) is 0 Å². The highest BCUT2D eigenvalue weighted by atomic mass is 32.2. The zero-order valence-electron chi connectivity index (χ0n) is 8.66. The van der Waals surface area contributed by atoms with Gasteiger partial charge in [0.2, 0.25) is 0 Å². The van der Waals surface area contributed by atoms with Crippen LogP contribution in [-0.2, 0) is 0 Å². The second-order valence-corrected chi connectivity index (χ2v) is 5.91. The van der Waals surface area contributed by atoms with Crippen molar-refractivity contribution in [1.82, 2.24) is 0 Å². The molecule has 0 radical (unpaired) electrons. The van der Waals surface area contributed by atoms with Crippen LogP contribution in [-0.4, -0.2) is 4.75 Å². The Morgan fingerprint density at radius 3 is 2.50 bits per heavy atom. The van der Waals surface area contributed by atoms with Gasteiger partial charge in [-0.05, 0) is 12.1 Å². The van der Waals surface area contributed by atoms with E-state index in [1.165, 1.54) is 0 Å². The molecule has 0 saturated heterocycles. The highest BCUT2D eigenvalue weighted by Gasteiger charge is 2.14. The van der Waals surface area contributed by atoms with Crippen LogP contribution in [0.4, 0.5) is 5.69 Å². The smallest absolute Gasteiger partial charge is 0.101 e. The third kappa shape index (κ3) is 2.68. The van der Waals surface area contributed by atoms with Crippen molar-refractivity contribution in [3.05, 3.63) is 23.8 Å². The SMILES string of the molecule is CC(C)(C)Sc1cccc(C#N)c1N. The molecule has 0 heterocycles. The minimum Gasteiger partial charge on any atom is -0.397 e. The number of hydrogen-bond donors (Lipinski definition) is 1. The molecular formula is C11H14N2S. The largest absolute Gasteiger partial charge is 0.397 e. The molecule has 0 unspecified atom stereocenters. The van der Waals surface area contributed by atoms with E-state index in [-0.39, 0.29) is 4.75 Å². The second kappa shape index (κ2) is 3.93. The van der Waals surface area contributed by atoms with Gasteiger partial charge in [-0.2, -0.15) is 5.26 Å². The molecule has 0 fully saturated rings. The number of rotatable bonds is 1. The van der Waals surface area contributed by atoms with Gasteiger partial charge in [-0.1, -0.05) is 26.8 Å². The molecule has 0 bridgehead atoms. The third-order valence-electron chi connectivity index (χ3n) is 1.60. The lowest BCUT2D eigenvalue weighted by Crippen LogP contribution is -2.08. The number of nitrogen functional groups attached to an aromatic ring is 1. The van der Waals surface area contributed by atoms with E-state index in [9.17, 15) is 0 Å². The molecule has 3 heteroatoms. The summed E-state index contributed by atoms with van der Waals surface area (Å²) >= 11 is 1.68. The van der Waals surface area contributed by atoms with Gasteiger partial charge in [-0.3, -0.25) is 0 Å². The van der Waals surface area contributed by atoms with Gasteiger partial charge in [-0.15, -0.1) is 11.8 Å². The van der Waals surface area contributed by atoms with Crippen LogP contribution in [0.3, 0.4) is 0 Å². The second-order valence-electron chi connectivity index (χ2n) is 4.04. The van der Waals surface area contributed by atoms with Crippen LogP contribution in [0, 0.1) is 11.3 Å². The molecule has 2 N–H and O–H groups in total. The zero-order valence-corrected chi connectivity index (χ0v) is 9.48. The molecule has 1 rings (SSSR count). The van der Waals surface area contributed by atoms with Gasteiger partial charge in [-0.25, -0.2) is 0 Å². The minimum atomic E-state index is 0.113. The lowest BCUT2D eigenvalue weighted by molar-refractivity contribution is 0.803. The van der Waals surface area contributed by atoms with Crippen molar-refractivity contribution in [1.29, 1.82) is 5.26 Å². The van der Waals surface area contributed by atoms with Crippen LogP contribution in [0.15, 0.2) is 23.1 Å². The Morgan fingerprint density at radius 2 is 2.00 bits per heavy atom. The van der Waals surface area contributed by atoms with Crippen molar-refractivity contribution in [2.45, 2.75) is 30.4 Å². The molecule has 14 heavy (non-hydrogen) atoms. The monoisotopic (exact) mass is 206 g/mol. The lowest BCUT2D eigenvalue weighted by Gasteiger charge is -2.18. The standard InChI is InChI=1S/C11H14N2S/c1-11(2,3)14-9-6-4-5-8(7-12)10(9)13/h4-6H,13H2,1-3H3. The van der Waals surface area contributed by atoms with Crippen LogP contribution in [0.1, 0.15) is 26.3 Å². The summed E-state index contributed by atoms with van der Waals surface area (Å²) in [4.78, 5) is 0.983. The predicted molar refractivity (Wildman–Crippen MR) is 61.2 cm³/mol. The summed E-state index contributed by atoms with van der Waals surface area (Å²) in [5.74, 6) is 0. The van der Waals surface area contributed by atoms with E-state index >= 15 is 0 Å². The number of benzene rings is 1. The summed E-state index contributed by atoms with van der Waals surface area (Å²) in [6.45, 7) is 6.36. The number of nitrogens with zero attached hydrogens (tertiary/aromatic N) is 1. The Balaban J connectivity index is 3.06. The Kier molecular flexibility index (Phi) is 3.07. The normalized spacial score (nSPS) is 11.0. The van der Waals surface area contributed by atoms with E-state index in [1.807, 2.05) is 12.1 Å². The molecule has 1 aromatic rings. The summed E-state index contributed by atoms with van der Waals surface area (Å²) in [6, 6.07) is 7.64. The van der Waals surface area contributed by atoms with Crippen molar-refractivity contribution in [3.8, 4) is 6.07 Å². The van der Waals surface area contributed by atoms with Gasteiger partial charge in [0.05, 0.1) is 11.3 Å². The number of para-hydroxylation sites is 1. The van der Waals surface area contributed by atoms with Gasteiger partial charge in [0.15, 0.2) is 0 Å². The molecule has 0 saturated carbocycles. The quantitative estimate of drug-likeness (QED) is 0.567. The van der Waals surface area contributed by atoms with Crippen molar-refractivity contribution in [2.24, 2.45) is 0 Å². The summed E-state index contributed by atoms with van der Waals surface area (Å²) < 4.78 is 0.113. The van der Waals surface area contributed by atoms with E-state index < -0.39 is 0 Å². The van der Waals surface area contributed by atoms with Crippen molar-refractivity contribution >= 4 is 17.4 Å². The molecule has 0 aliphatic rings. The van der Waals surface area contributed by atoms with E-state index in [1.54, 1.807) is 17.8 Å². The van der Waals surface area contributed by atoms with Crippen LogP contribution in [0.25, 0.3) is 0 Å². The van der Waals surface area contributed by atoms with Gasteiger partial charge in [0.1, 0.15) is 6.07 Å². The van der Waals surface area contributed by atoms with E-state index in [0.717, 1.165) is 4.90 Å². The number of nitrogens with two attached hydrogens (primary N) is 1. The molecular weight excluding hydrogens is 192 g/mol. The Morgan fingerprint density at radius 1 is 1.36 bits per heavy atom. The van der Waals surface area contributed by atoms with Crippen molar-refractivity contribution in [2.75, 3.05) is 5.73 Å². The average molecular weight is 206 g/mol. The summed E-state index contributed by atoms with van der Waals surface area (Å²) in [5.41, 5.74) is 7.01. The van der Waals surface area contributed by atoms with Crippen LogP contribution >= 0.6 is 11.8 Å². The average Bonchev–Trinajstić information content (AvgIpc) is 2.06. The fourth-order valence-corrected chi connectivity index (χ4v) is 2.09. The van der Waals surface area contributed by atoms with Crippen LogP contribution in [0.5, 0.6) is 0 Å². The first-order chi connectivity index (χ1) is 6.44. The van der Waals surface area contributed by atoms with E-state index in [4.69, 9.17) is 11.0 Å². The molecule has 0 atom stereocenters. The first-order valence-electron chi connectivity index (χ1n) is 4.41. The van der Waals surface area contributed by atoms with Gasteiger partial charge in [0.25, 0.3) is 0 Å². The molecule has 0 amide bonds. The first-order valence-corrected chi connectivity index (χ1v) is 5.23. The zero-order chi connectivity index (χ0) is 10.8. The fourth-order valence-electron chi connectivity index (χ4n) is 1.06. The van der Waals surface area contributed by atoms with Crippen LogP contribution < -0.4 is 5.73 Å². The van der Waals surface area contributed by atoms with Crippen molar-refractivity contribution < 1.29 is 0 Å². The molecule has 0 spiro atoms. The number of nitriles is 1. The highest BCUT2D eigenvalue weighted by Crippen LogP contribution is 2.36. The maximum atomic E-state index is 8.80. The molecule has 2 nitrogen and oxygen atoms in total. The fraction of sp³-hybridized carbons (Fsp3) is 0.364. The lowest BCUT2D eigenvalue weighted by atomic mass is 10.2. The summed E-state index contributed by atoms with van der Waals surface area (Å²) in [5, 5.41) is 8.80. The van der Waals surface area contributed by atoms with Gasteiger partial charge < -0.3 is 5.73 Å². The number of hydrogen-bond acceptors (Lipinski definition) is 3. The molecule has 0 aromatic heterocycles. The number of anilines is 1.